The van der Waals surface area contributed by atoms with Crippen LogP contribution in [0.4, 0.5) is 0 Å². The van der Waals surface area contributed by atoms with Gasteiger partial charge in [-0.25, -0.2) is 9.78 Å². The Morgan fingerprint density at radius 3 is 2.84 bits per heavy atom. The highest BCUT2D eigenvalue weighted by Crippen LogP contribution is 2.42. The normalized spacial score (nSPS) is 10.8. The number of hydrogen-bond donors (Lipinski definition) is 1. The van der Waals surface area contributed by atoms with Gasteiger partial charge in [0.2, 0.25) is 0 Å². The lowest BCUT2D eigenvalue weighted by atomic mass is 10.1. The van der Waals surface area contributed by atoms with Gasteiger partial charge in [0.25, 0.3) is 0 Å². The zero-order valence-electron chi connectivity index (χ0n) is 9.91. The molecule has 0 saturated carbocycles. The Balaban J connectivity index is 2.30. The average molecular weight is 291 g/mol. The van der Waals surface area contributed by atoms with Crippen molar-refractivity contribution in [3.8, 4) is 15.5 Å². The van der Waals surface area contributed by atoms with E-state index in [2.05, 4.69) is 4.98 Å². The van der Waals surface area contributed by atoms with Gasteiger partial charge in [0.05, 0.1) is 7.11 Å². The van der Waals surface area contributed by atoms with Crippen LogP contribution < -0.4 is 4.74 Å². The minimum Gasteiger partial charge on any atom is -0.487 e. The molecular formula is C13H9NO3S2. The van der Waals surface area contributed by atoms with Crippen molar-refractivity contribution in [1.29, 1.82) is 0 Å². The van der Waals surface area contributed by atoms with Gasteiger partial charge in [-0.1, -0.05) is 11.3 Å². The number of ether oxygens (including phenoxy) is 1. The number of carboxylic acid groups (broad SMARTS) is 1. The second kappa shape index (κ2) is 4.64. The third kappa shape index (κ3) is 1.98. The van der Waals surface area contributed by atoms with Crippen molar-refractivity contribution < 1.29 is 14.6 Å². The SMILES string of the molecule is COc1ccc(-c2c(C(=O)O)sc3ncccc23)s1. The number of carbonyl (C=O) groups is 1. The van der Waals surface area contributed by atoms with Crippen LogP contribution in [0.25, 0.3) is 20.7 Å². The molecule has 3 aromatic rings. The van der Waals surface area contributed by atoms with Gasteiger partial charge < -0.3 is 9.84 Å². The number of aromatic carboxylic acids is 1. The second-order valence-electron chi connectivity index (χ2n) is 3.79. The Bertz CT molecular complexity index is 760. The molecule has 0 atom stereocenters. The molecule has 0 radical (unpaired) electrons. The molecule has 4 nitrogen and oxygen atoms in total. The van der Waals surface area contributed by atoms with Crippen LogP contribution in [0.3, 0.4) is 0 Å². The van der Waals surface area contributed by atoms with E-state index in [4.69, 9.17) is 4.74 Å². The Hall–Kier alpha value is -1.92. The van der Waals surface area contributed by atoms with Gasteiger partial charge in [-0.05, 0) is 24.3 Å². The van der Waals surface area contributed by atoms with Gasteiger partial charge >= 0.3 is 5.97 Å². The first kappa shape index (κ1) is 12.1. The summed E-state index contributed by atoms with van der Waals surface area (Å²) >= 11 is 2.63. The molecule has 1 N–H and O–H groups in total. The van der Waals surface area contributed by atoms with Crippen LogP contribution >= 0.6 is 22.7 Å². The lowest BCUT2D eigenvalue weighted by Crippen LogP contribution is -1.93. The first-order valence-electron chi connectivity index (χ1n) is 5.45. The Morgan fingerprint density at radius 2 is 2.16 bits per heavy atom. The molecule has 6 heteroatoms. The van der Waals surface area contributed by atoms with E-state index in [9.17, 15) is 9.90 Å². The molecule has 96 valence electrons. The maximum absolute atomic E-state index is 11.4. The van der Waals surface area contributed by atoms with E-state index < -0.39 is 5.97 Å². The first-order valence-corrected chi connectivity index (χ1v) is 7.09. The van der Waals surface area contributed by atoms with E-state index >= 15 is 0 Å². The molecule has 19 heavy (non-hydrogen) atoms. The van der Waals surface area contributed by atoms with E-state index in [0.29, 0.717) is 4.88 Å². The van der Waals surface area contributed by atoms with E-state index in [1.54, 1.807) is 13.3 Å². The standard InChI is InChI=1S/C13H9NO3S2/c1-17-9-5-4-8(18-9)10-7-3-2-6-14-12(7)19-11(10)13(15)16/h2-6H,1H3,(H,15,16). The summed E-state index contributed by atoms with van der Waals surface area (Å²) in [4.78, 5) is 17.6. The topological polar surface area (TPSA) is 59.4 Å². The maximum atomic E-state index is 11.4. The lowest BCUT2D eigenvalue weighted by Gasteiger charge is -1.97. The van der Waals surface area contributed by atoms with E-state index in [-0.39, 0.29) is 0 Å². The quantitative estimate of drug-likeness (QED) is 0.798. The third-order valence-corrected chi connectivity index (χ3v) is 4.86. The van der Waals surface area contributed by atoms with Crippen molar-refractivity contribution in [2.75, 3.05) is 7.11 Å². The molecule has 0 unspecified atom stereocenters. The number of methoxy groups -OCH3 is 1. The molecule has 3 rings (SSSR count). The summed E-state index contributed by atoms with van der Waals surface area (Å²) in [7, 11) is 1.60. The van der Waals surface area contributed by atoms with E-state index in [1.165, 1.54) is 22.7 Å². The fourth-order valence-corrected chi connectivity index (χ4v) is 3.84. The van der Waals surface area contributed by atoms with Gasteiger partial charge in [0.15, 0.2) is 5.06 Å². The van der Waals surface area contributed by atoms with Crippen molar-refractivity contribution in [1.82, 2.24) is 4.98 Å². The first-order chi connectivity index (χ1) is 9.20. The van der Waals surface area contributed by atoms with E-state index in [0.717, 1.165) is 25.7 Å². The summed E-state index contributed by atoms with van der Waals surface area (Å²) in [6.07, 6.45) is 1.67. The number of hydrogen-bond acceptors (Lipinski definition) is 5. The van der Waals surface area contributed by atoms with Gasteiger partial charge in [-0.2, -0.15) is 0 Å². The van der Waals surface area contributed by atoms with Crippen LogP contribution in [0.1, 0.15) is 9.67 Å². The smallest absolute Gasteiger partial charge is 0.346 e. The van der Waals surface area contributed by atoms with Crippen LogP contribution in [-0.2, 0) is 0 Å². The Morgan fingerprint density at radius 1 is 1.32 bits per heavy atom. The highest BCUT2D eigenvalue weighted by Gasteiger charge is 2.21. The molecule has 0 aliphatic carbocycles. The Kier molecular flexibility index (Phi) is 2.96. The van der Waals surface area contributed by atoms with Gasteiger partial charge in [0, 0.05) is 22.0 Å². The monoisotopic (exact) mass is 291 g/mol. The molecule has 0 aliphatic heterocycles. The molecule has 0 amide bonds. The van der Waals surface area contributed by atoms with Gasteiger partial charge in [-0.3, -0.25) is 0 Å². The molecule has 0 aliphatic rings. The summed E-state index contributed by atoms with van der Waals surface area (Å²) < 4.78 is 5.16. The largest absolute Gasteiger partial charge is 0.487 e. The summed E-state index contributed by atoms with van der Waals surface area (Å²) in [5.41, 5.74) is 0.730. The van der Waals surface area contributed by atoms with Crippen molar-refractivity contribution in [3.05, 3.63) is 35.3 Å². The predicted molar refractivity (Wildman–Crippen MR) is 76.4 cm³/mol. The minimum absolute atomic E-state index is 0.318. The van der Waals surface area contributed by atoms with Crippen molar-refractivity contribution in [2.24, 2.45) is 0 Å². The van der Waals surface area contributed by atoms with Crippen molar-refractivity contribution in [3.63, 3.8) is 0 Å². The van der Waals surface area contributed by atoms with Crippen LogP contribution in [0.15, 0.2) is 30.5 Å². The number of fused-ring (bicyclic) bond motifs is 1. The number of thiophene rings is 2. The fourth-order valence-electron chi connectivity index (χ4n) is 1.89. The summed E-state index contributed by atoms with van der Waals surface area (Å²) in [5, 5.41) is 11.0. The predicted octanol–water partition coefficient (Wildman–Crippen LogP) is 3.73. The highest BCUT2D eigenvalue weighted by molar-refractivity contribution is 7.22. The molecular weight excluding hydrogens is 282 g/mol. The number of carboxylic acids is 1. The summed E-state index contributed by atoms with van der Waals surface area (Å²) in [6.45, 7) is 0. The third-order valence-electron chi connectivity index (χ3n) is 2.69. The summed E-state index contributed by atoms with van der Waals surface area (Å²) in [5.74, 6) is -0.926. The maximum Gasteiger partial charge on any atom is 0.346 e. The van der Waals surface area contributed by atoms with Crippen LogP contribution in [-0.4, -0.2) is 23.2 Å². The summed E-state index contributed by atoms with van der Waals surface area (Å²) in [6, 6.07) is 7.43. The van der Waals surface area contributed by atoms with Crippen LogP contribution in [0.5, 0.6) is 5.06 Å². The fraction of sp³-hybridized carbons (Fsp3) is 0.0769. The molecule has 3 heterocycles. The van der Waals surface area contributed by atoms with Gasteiger partial charge in [0.1, 0.15) is 9.71 Å². The molecule has 0 fully saturated rings. The molecule has 0 saturated heterocycles. The second-order valence-corrected chi connectivity index (χ2v) is 5.84. The van der Waals surface area contributed by atoms with Crippen molar-refractivity contribution >= 4 is 38.9 Å². The van der Waals surface area contributed by atoms with Crippen LogP contribution in [0, 0.1) is 0 Å². The molecule has 0 bridgehead atoms. The zero-order valence-corrected chi connectivity index (χ0v) is 11.5. The molecule has 0 spiro atoms. The highest BCUT2D eigenvalue weighted by atomic mass is 32.1. The number of pyridine rings is 1. The number of nitrogens with zero attached hydrogens (tertiary/aromatic N) is 1. The van der Waals surface area contributed by atoms with Crippen LogP contribution in [0.2, 0.25) is 0 Å². The number of aromatic nitrogens is 1. The lowest BCUT2D eigenvalue weighted by molar-refractivity contribution is 0.0703. The Labute approximate surface area is 116 Å². The number of rotatable bonds is 3. The minimum atomic E-state index is -0.926. The van der Waals surface area contributed by atoms with Gasteiger partial charge in [-0.15, -0.1) is 11.3 Å². The van der Waals surface area contributed by atoms with E-state index in [1.807, 2.05) is 24.3 Å². The van der Waals surface area contributed by atoms with Crippen molar-refractivity contribution in [2.45, 2.75) is 0 Å². The molecule has 0 aromatic carbocycles. The molecule has 3 aromatic heterocycles. The average Bonchev–Trinajstić information content (AvgIpc) is 3.02. The zero-order chi connectivity index (χ0) is 13.4.